The molecular weight excluding hydrogens is 456 g/mol. The summed E-state index contributed by atoms with van der Waals surface area (Å²) in [6.07, 6.45) is 2.77. The number of nitrogens with one attached hydrogen (secondary N) is 2. The topological polar surface area (TPSA) is 79.5 Å². The standard InChI is InChI=1S/C29H31ClN4O/c1-4-20-7-6-19(14-21(20)5-2)15-27-18(3)32-26-13-10-23(30)16-25(26)29(34-27)22-8-11-24(12-9-22)33-28(35)17-31/h6-14,16,27,32H,3-5,15,17,31H2,1-2H3,(H,33,35). The Kier molecular flexibility index (Phi) is 7.69. The summed E-state index contributed by atoms with van der Waals surface area (Å²) < 4.78 is 0. The van der Waals surface area contributed by atoms with Crippen molar-refractivity contribution in [1.29, 1.82) is 0 Å². The molecule has 1 aliphatic heterocycles. The van der Waals surface area contributed by atoms with Crippen molar-refractivity contribution in [2.24, 2.45) is 10.7 Å². The van der Waals surface area contributed by atoms with Gasteiger partial charge in [0.25, 0.3) is 0 Å². The number of amides is 1. The third-order valence-electron chi connectivity index (χ3n) is 6.31. The van der Waals surface area contributed by atoms with Gasteiger partial charge >= 0.3 is 0 Å². The Morgan fingerprint density at radius 3 is 2.49 bits per heavy atom. The highest BCUT2D eigenvalue weighted by molar-refractivity contribution is 6.31. The number of benzodiazepines with no additional fused rings is 1. The predicted octanol–water partition coefficient (Wildman–Crippen LogP) is 5.75. The van der Waals surface area contributed by atoms with Gasteiger partial charge in [-0.25, -0.2) is 0 Å². The first-order valence-corrected chi connectivity index (χ1v) is 12.3. The van der Waals surface area contributed by atoms with E-state index in [0.29, 0.717) is 10.7 Å². The summed E-state index contributed by atoms with van der Waals surface area (Å²) in [6, 6.07) is 19.9. The van der Waals surface area contributed by atoms with Gasteiger partial charge in [0.05, 0.1) is 18.3 Å². The normalized spacial score (nSPS) is 15.0. The number of rotatable bonds is 7. The van der Waals surface area contributed by atoms with Crippen molar-refractivity contribution < 1.29 is 4.79 Å². The number of hydrogen-bond acceptors (Lipinski definition) is 4. The average Bonchev–Trinajstić information content (AvgIpc) is 3.00. The fourth-order valence-corrected chi connectivity index (χ4v) is 4.58. The molecule has 1 amide bonds. The van der Waals surface area contributed by atoms with Crippen molar-refractivity contribution in [3.05, 3.63) is 106 Å². The molecular formula is C29H31ClN4O. The van der Waals surface area contributed by atoms with Gasteiger partial charge < -0.3 is 16.4 Å². The molecule has 3 aromatic rings. The van der Waals surface area contributed by atoms with Gasteiger partial charge in [0.1, 0.15) is 0 Å². The molecule has 0 saturated carbocycles. The van der Waals surface area contributed by atoms with E-state index in [-0.39, 0.29) is 18.5 Å². The van der Waals surface area contributed by atoms with Crippen LogP contribution in [0.15, 0.2) is 77.9 Å². The zero-order valence-electron chi connectivity index (χ0n) is 20.2. The molecule has 0 bridgehead atoms. The van der Waals surface area contributed by atoms with Crippen molar-refractivity contribution in [1.82, 2.24) is 0 Å². The number of hydrogen-bond donors (Lipinski definition) is 3. The summed E-state index contributed by atoms with van der Waals surface area (Å²) in [5, 5.41) is 6.89. The second kappa shape index (κ2) is 10.9. The first-order valence-electron chi connectivity index (χ1n) is 12.0. The highest BCUT2D eigenvalue weighted by Gasteiger charge is 2.23. The zero-order chi connectivity index (χ0) is 24.9. The van der Waals surface area contributed by atoms with Gasteiger partial charge in [0.15, 0.2) is 0 Å². The van der Waals surface area contributed by atoms with Crippen LogP contribution in [0.2, 0.25) is 5.02 Å². The molecule has 4 N–H and O–H groups in total. The zero-order valence-corrected chi connectivity index (χ0v) is 21.0. The molecule has 6 heteroatoms. The van der Waals surface area contributed by atoms with Crippen molar-refractivity contribution in [3.63, 3.8) is 0 Å². The average molecular weight is 487 g/mol. The maximum absolute atomic E-state index is 11.7. The SMILES string of the molecule is C=C1Nc2ccc(Cl)cc2C(c2ccc(NC(=O)CN)cc2)=NC1Cc1ccc(CC)c(CC)c1. The molecule has 0 saturated heterocycles. The molecule has 5 nitrogen and oxygen atoms in total. The van der Waals surface area contributed by atoms with E-state index in [1.54, 1.807) is 0 Å². The summed E-state index contributed by atoms with van der Waals surface area (Å²) in [6.45, 7) is 8.65. The van der Waals surface area contributed by atoms with Crippen LogP contribution in [0.5, 0.6) is 0 Å². The molecule has 1 atom stereocenters. The number of anilines is 2. The summed E-state index contributed by atoms with van der Waals surface area (Å²) in [7, 11) is 0. The van der Waals surface area contributed by atoms with Crippen LogP contribution in [0.4, 0.5) is 11.4 Å². The number of nitrogens with two attached hydrogens (primary N) is 1. The van der Waals surface area contributed by atoms with Gasteiger partial charge in [-0.3, -0.25) is 9.79 Å². The second-order valence-electron chi connectivity index (χ2n) is 8.68. The van der Waals surface area contributed by atoms with E-state index in [2.05, 4.69) is 49.3 Å². The largest absolute Gasteiger partial charge is 0.357 e. The van der Waals surface area contributed by atoms with Crippen LogP contribution in [0.25, 0.3) is 0 Å². The van der Waals surface area contributed by atoms with Crippen LogP contribution in [0.3, 0.4) is 0 Å². The van der Waals surface area contributed by atoms with E-state index in [1.165, 1.54) is 16.7 Å². The smallest absolute Gasteiger partial charge is 0.238 e. The molecule has 1 aliphatic rings. The molecule has 3 aromatic carbocycles. The molecule has 180 valence electrons. The lowest BCUT2D eigenvalue weighted by Gasteiger charge is -2.17. The summed E-state index contributed by atoms with van der Waals surface area (Å²) in [5.41, 5.74) is 14.5. The quantitative estimate of drug-likeness (QED) is 0.397. The molecule has 0 aliphatic carbocycles. The Morgan fingerprint density at radius 2 is 1.80 bits per heavy atom. The van der Waals surface area contributed by atoms with Crippen molar-refractivity contribution in [2.45, 2.75) is 39.2 Å². The van der Waals surface area contributed by atoms with Gasteiger partial charge in [-0.15, -0.1) is 0 Å². The Balaban J connectivity index is 1.74. The van der Waals surface area contributed by atoms with Crippen molar-refractivity contribution >= 4 is 34.6 Å². The molecule has 0 spiro atoms. The van der Waals surface area contributed by atoms with Gasteiger partial charge in [-0.05, 0) is 59.9 Å². The molecule has 4 rings (SSSR count). The number of fused-ring (bicyclic) bond motifs is 1. The number of aryl methyl sites for hydroxylation is 2. The highest BCUT2D eigenvalue weighted by atomic mass is 35.5. The second-order valence-corrected chi connectivity index (χ2v) is 9.11. The van der Waals surface area contributed by atoms with Crippen LogP contribution < -0.4 is 16.4 Å². The molecule has 35 heavy (non-hydrogen) atoms. The molecule has 0 fully saturated rings. The number of carbonyl (C=O) groups is 1. The fourth-order valence-electron chi connectivity index (χ4n) is 4.41. The lowest BCUT2D eigenvalue weighted by Crippen LogP contribution is -2.21. The first kappa shape index (κ1) is 24.7. The van der Waals surface area contributed by atoms with Crippen LogP contribution >= 0.6 is 11.6 Å². The Bertz CT molecular complexity index is 1280. The number of halogens is 1. The monoisotopic (exact) mass is 486 g/mol. The van der Waals surface area contributed by atoms with Crippen molar-refractivity contribution in [2.75, 3.05) is 17.2 Å². The molecule has 0 aromatic heterocycles. The lowest BCUT2D eigenvalue weighted by molar-refractivity contribution is -0.114. The molecule has 0 radical (unpaired) electrons. The predicted molar refractivity (Wildman–Crippen MR) is 147 cm³/mol. The minimum Gasteiger partial charge on any atom is -0.357 e. The van der Waals surface area contributed by atoms with Crippen LogP contribution in [0.1, 0.15) is 41.7 Å². The Hall–Kier alpha value is -3.41. The third kappa shape index (κ3) is 5.64. The van der Waals surface area contributed by atoms with E-state index in [0.717, 1.165) is 47.5 Å². The van der Waals surface area contributed by atoms with E-state index >= 15 is 0 Å². The van der Waals surface area contributed by atoms with Gasteiger partial charge in [0.2, 0.25) is 5.91 Å². The van der Waals surface area contributed by atoms with Gasteiger partial charge in [0, 0.05) is 39.6 Å². The van der Waals surface area contributed by atoms with Crippen LogP contribution in [-0.4, -0.2) is 24.2 Å². The lowest BCUT2D eigenvalue weighted by atomic mass is 9.96. The van der Waals surface area contributed by atoms with Gasteiger partial charge in [-0.2, -0.15) is 0 Å². The van der Waals surface area contributed by atoms with Crippen molar-refractivity contribution in [3.8, 4) is 0 Å². The number of benzene rings is 3. The molecule has 1 unspecified atom stereocenters. The highest BCUT2D eigenvalue weighted by Crippen LogP contribution is 2.31. The Labute approximate surface area is 212 Å². The van der Waals surface area contributed by atoms with E-state index in [4.69, 9.17) is 22.3 Å². The number of carbonyl (C=O) groups excluding carboxylic acids is 1. The third-order valence-corrected chi connectivity index (χ3v) is 6.54. The van der Waals surface area contributed by atoms with Crippen LogP contribution in [0, 0.1) is 0 Å². The number of aliphatic imine (C=N–C) groups is 1. The summed E-state index contributed by atoms with van der Waals surface area (Å²) in [5.74, 6) is -0.234. The number of nitrogens with zero attached hydrogens (tertiary/aromatic N) is 1. The maximum Gasteiger partial charge on any atom is 0.238 e. The minimum atomic E-state index is -0.234. The summed E-state index contributed by atoms with van der Waals surface area (Å²) >= 11 is 6.38. The van der Waals surface area contributed by atoms with Gasteiger partial charge in [-0.1, -0.05) is 62.4 Å². The van der Waals surface area contributed by atoms with E-state index < -0.39 is 0 Å². The summed E-state index contributed by atoms with van der Waals surface area (Å²) in [4.78, 5) is 16.9. The Morgan fingerprint density at radius 1 is 1.06 bits per heavy atom. The van der Waals surface area contributed by atoms with E-state index in [9.17, 15) is 4.79 Å². The maximum atomic E-state index is 11.7. The fraction of sp³-hybridized carbons (Fsp3) is 0.241. The molecule has 1 heterocycles. The van der Waals surface area contributed by atoms with E-state index in [1.807, 2.05) is 42.5 Å². The minimum absolute atomic E-state index is 0.0607. The first-order chi connectivity index (χ1) is 16.9. The van der Waals surface area contributed by atoms with Crippen LogP contribution in [-0.2, 0) is 24.1 Å².